The summed E-state index contributed by atoms with van der Waals surface area (Å²) in [4.78, 5) is 29.3. The van der Waals surface area contributed by atoms with E-state index < -0.39 is 6.04 Å². The molecule has 3 rings (SSSR count). The lowest BCUT2D eigenvalue weighted by Crippen LogP contribution is -2.49. The van der Waals surface area contributed by atoms with Crippen LogP contribution < -0.4 is 10.6 Å². The maximum absolute atomic E-state index is 12.7. The minimum atomic E-state index is -0.509. The van der Waals surface area contributed by atoms with Crippen LogP contribution in [-0.4, -0.2) is 33.8 Å². The second kappa shape index (κ2) is 5.68. The van der Waals surface area contributed by atoms with Gasteiger partial charge in [0, 0.05) is 18.2 Å². The zero-order chi connectivity index (χ0) is 16.6. The largest absolute Gasteiger partial charge is 0.354 e. The topological polar surface area (TPSA) is 75.5 Å². The van der Waals surface area contributed by atoms with Gasteiger partial charge in [-0.15, -0.1) is 0 Å². The molecule has 2 amide bonds. The van der Waals surface area contributed by atoms with Gasteiger partial charge in [0.25, 0.3) is 5.91 Å². The molecule has 6 heteroatoms. The van der Waals surface area contributed by atoms with E-state index in [1.807, 2.05) is 35.7 Å². The van der Waals surface area contributed by atoms with E-state index in [9.17, 15) is 9.59 Å². The molecule has 0 aromatic carbocycles. The Morgan fingerprint density at radius 1 is 1.43 bits per heavy atom. The van der Waals surface area contributed by atoms with E-state index in [1.54, 1.807) is 0 Å². The minimum absolute atomic E-state index is 0.109. The van der Waals surface area contributed by atoms with Crippen LogP contribution in [0.3, 0.4) is 0 Å². The predicted octanol–water partition coefficient (Wildman–Crippen LogP) is 1.68. The first-order valence-electron chi connectivity index (χ1n) is 8.04. The number of hydrogen-bond acceptors (Lipinski definition) is 3. The third kappa shape index (κ3) is 2.38. The molecule has 1 atom stereocenters. The van der Waals surface area contributed by atoms with Crippen molar-refractivity contribution in [2.45, 2.75) is 39.7 Å². The number of nitrogens with zero attached hydrogens (tertiary/aromatic N) is 2. The highest BCUT2D eigenvalue weighted by Crippen LogP contribution is 2.34. The number of hydrogen-bond donors (Lipinski definition) is 2. The van der Waals surface area contributed by atoms with Gasteiger partial charge in [-0.3, -0.25) is 9.59 Å². The summed E-state index contributed by atoms with van der Waals surface area (Å²) in [5.74, 6) is 0.344. The van der Waals surface area contributed by atoms with E-state index in [0.717, 1.165) is 24.2 Å². The molecule has 3 heterocycles. The molecular formula is C17H22N4O2. The first-order chi connectivity index (χ1) is 11.0. The van der Waals surface area contributed by atoms with Crippen LogP contribution in [0.5, 0.6) is 0 Å². The van der Waals surface area contributed by atoms with Gasteiger partial charge in [-0.25, -0.2) is 4.98 Å². The molecule has 23 heavy (non-hydrogen) atoms. The molecule has 0 saturated carbocycles. The van der Waals surface area contributed by atoms with E-state index in [-0.39, 0.29) is 17.2 Å². The Kier molecular flexibility index (Phi) is 3.83. The highest BCUT2D eigenvalue weighted by Gasteiger charge is 2.46. The zero-order valence-corrected chi connectivity index (χ0v) is 13.7. The van der Waals surface area contributed by atoms with E-state index in [0.29, 0.717) is 12.2 Å². The van der Waals surface area contributed by atoms with Gasteiger partial charge >= 0.3 is 0 Å². The number of amides is 2. The quantitative estimate of drug-likeness (QED) is 0.901. The average Bonchev–Trinajstić information content (AvgIpc) is 3.07. The molecule has 2 aromatic rings. The molecule has 2 N–H and O–H groups in total. The van der Waals surface area contributed by atoms with E-state index in [2.05, 4.69) is 29.5 Å². The molecule has 1 aliphatic heterocycles. The maximum atomic E-state index is 12.7. The Balaban J connectivity index is 1.93. The summed E-state index contributed by atoms with van der Waals surface area (Å²) >= 11 is 0. The van der Waals surface area contributed by atoms with Crippen molar-refractivity contribution in [2.24, 2.45) is 5.41 Å². The molecule has 122 valence electrons. The summed E-state index contributed by atoms with van der Waals surface area (Å²) in [7, 11) is 0. The van der Waals surface area contributed by atoms with Gasteiger partial charge in [-0.05, 0) is 31.9 Å². The normalized spacial score (nSPS) is 19.8. The first kappa shape index (κ1) is 15.5. The summed E-state index contributed by atoms with van der Waals surface area (Å²) in [6.07, 6.45) is 3.53. The van der Waals surface area contributed by atoms with Crippen LogP contribution in [0.2, 0.25) is 0 Å². The number of carbonyl (C=O) groups is 2. The van der Waals surface area contributed by atoms with Crippen molar-refractivity contribution in [2.75, 3.05) is 6.54 Å². The predicted molar refractivity (Wildman–Crippen MR) is 87.2 cm³/mol. The molecule has 0 aliphatic carbocycles. The van der Waals surface area contributed by atoms with Crippen LogP contribution in [0, 0.1) is 12.3 Å². The summed E-state index contributed by atoms with van der Waals surface area (Å²) in [6.45, 7) is 6.57. The van der Waals surface area contributed by atoms with Gasteiger partial charge in [0.15, 0.2) is 5.69 Å². The number of pyridine rings is 1. The molecule has 1 aliphatic rings. The summed E-state index contributed by atoms with van der Waals surface area (Å²) in [5.41, 5.74) is 0.889. The number of imidazole rings is 1. The van der Waals surface area contributed by atoms with Crippen LogP contribution in [0.25, 0.3) is 5.52 Å². The molecule has 2 aromatic heterocycles. The standard InChI is InChI=1S/C17H22N4O2/c1-4-17(5-2)10-18-16(23)14(17)20-15(22)13-12-8-6-7-9-21(12)11(3)19-13/h6-9,14H,4-5,10H2,1-3H3,(H,18,23)(H,20,22). The summed E-state index contributed by atoms with van der Waals surface area (Å²) in [5, 5.41) is 5.80. The number of aryl methyl sites for hydroxylation is 1. The van der Waals surface area contributed by atoms with Crippen LogP contribution in [0.4, 0.5) is 0 Å². The average molecular weight is 314 g/mol. The van der Waals surface area contributed by atoms with Gasteiger partial charge in [0.2, 0.25) is 5.91 Å². The first-order valence-corrected chi connectivity index (χ1v) is 8.04. The Labute approximate surface area is 135 Å². The Bertz CT molecular complexity index is 761. The number of carbonyl (C=O) groups excluding carboxylic acids is 2. The Hall–Kier alpha value is -2.37. The summed E-state index contributed by atoms with van der Waals surface area (Å²) in [6, 6.07) is 5.12. The third-order valence-corrected chi connectivity index (χ3v) is 5.11. The Morgan fingerprint density at radius 2 is 2.17 bits per heavy atom. The number of aromatic nitrogens is 2. The minimum Gasteiger partial charge on any atom is -0.354 e. The number of fused-ring (bicyclic) bond motifs is 1. The van der Waals surface area contributed by atoms with E-state index in [4.69, 9.17) is 0 Å². The molecule has 1 unspecified atom stereocenters. The van der Waals surface area contributed by atoms with Gasteiger partial charge in [0.1, 0.15) is 11.9 Å². The maximum Gasteiger partial charge on any atom is 0.272 e. The molecule has 0 bridgehead atoms. The molecule has 1 saturated heterocycles. The van der Waals surface area contributed by atoms with Crippen molar-refractivity contribution in [3.63, 3.8) is 0 Å². The SMILES string of the molecule is CCC1(CC)CNC(=O)C1NC(=O)c1nc(C)n2ccccc12. The second-order valence-electron chi connectivity index (χ2n) is 6.16. The third-order valence-electron chi connectivity index (χ3n) is 5.11. The van der Waals surface area contributed by atoms with Crippen molar-refractivity contribution in [1.29, 1.82) is 0 Å². The van der Waals surface area contributed by atoms with Gasteiger partial charge in [-0.1, -0.05) is 19.9 Å². The molecule has 0 radical (unpaired) electrons. The fourth-order valence-corrected chi connectivity index (χ4v) is 3.43. The van der Waals surface area contributed by atoms with Crippen molar-refractivity contribution < 1.29 is 9.59 Å². The molecule has 1 fully saturated rings. The molecule has 0 spiro atoms. The van der Waals surface area contributed by atoms with Crippen LogP contribution in [-0.2, 0) is 4.79 Å². The van der Waals surface area contributed by atoms with Crippen molar-refractivity contribution >= 4 is 17.3 Å². The fraction of sp³-hybridized carbons (Fsp3) is 0.471. The lowest BCUT2D eigenvalue weighted by atomic mass is 9.77. The highest BCUT2D eigenvalue weighted by atomic mass is 16.2. The fourth-order valence-electron chi connectivity index (χ4n) is 3.43. The van der Waals surface area contributed by atoms with Crippen LogP contribution >= 0.6 is 0 Å². The second-order valence-corrected chi connectivity index (χ2v) is 6.16. The van der Waals surface area contributed by atoms with E-state index >= 15 is 0 Å². The number of nitrogens with one attached hydrogen (secondary N) is 2. The van der Waals surface area contributed by atoms with Crippen molar-refractivity contribution in [3.05, 3.63) is 35.9 Å². The van der Waals surface area contributed by atoms with Gasteiger partial charge in [-0.2, -0.15) is 0 Å². The molecule has 6 nitrogen and oxygen atoms in total. The van der Waals surface area contributed by atoms with Crippen LogP contribution in [0.15, 0.2) is 24.4 Å². The zero-order valence-electron chi connectivity index (χ0n) is 13.7. The number of rotatable bonds is 4. The van der Waals surface area contributed by atoms with Gasteiger partial charge in [0.05, 0.1) is 5.52 Å². The highest BCUT2D eigenvalue weighted by molar-refractivity contribution is 6.02. The Morgan fingerprint density at radius 3 is 2.87 bits per heavy atom. The monoisotopic (exact) mass is 314 g/mol. The lowest BCUT2D eigenvalue weighted by molar-refractivity contribution is -0.121. The van der Waals surface area contributed by atoms with E-state index in [1.165, 1.54) is 0 Å². The smallest absolute Gasteiger partial charge is 0.272 e. The van der Waals surface area contributed by atoms with Crippen LogP contribution in [0.1, 0.15) is 43.0 Å². The summed E-state index contributed by atoms with van der Waals surface area (Å²) < 4.78 is 1.87. The van der Waals surface area contributed by atoms with Gasteiger partial charge < -0.3 is 15.0 Å². The molecular weight excluding hydrogens is 292 g/mol. The van der Waals surface area contributed by atoms with Crippen molar-refractivity contribution in [1.82, 2.24) is 20.0 Å². The van der Waals surface area contributed by atoms with Crippen molar-refractivity contribution in [3.8, 4) is 0 Å². The lowest BCUT2D eigenvalue weighted by Gasteiger charge is -2.31.